The lowest BCUT2D eigenvalue weighted by molar-refractivity contribution is 0.0390. The van der Waals surface area contributed by atoms with Crippen molar-refractivity contribution >= 4 is 28.8 Å². The Kier molecular flexibility index (Phi) is 4.39. The largest absolute Gasteiger partial charge is 0.444 e. The minimum absolute atomic E-state index is 0.110. The van der Waals surface area contributed by atoms with Gasteiger partial charge in [0.05, 0.1) is 17.7 Å². The molecular formula is C20H17NO5. The number of alkyl carbamates (subject to hydrolysis) is 1. The summed E-state index contributed by atoms with van der Waals surface area (Å²) in [5, 5.41) is 3.79. The van der Waals surface area contributed by atoms with Crippen LogP contribution in [0.1, 0.15) is 47.1 Å². The molecule has 26 heavy (non-hydrogen) atoms. The van der Waals surface area contributed by atoms with Crippen LogP contribution in [0.3, 0.4) is 0 Å². The van der Waals surface area contributed by atoms with E-state index in [1.807, 2.05) is 0 Å². The minimum Gasteiger partial charge on any atom is -0.444 e. The molecule has 1 N–H and O–H groups in total. The molecular weight excluding hydrogens is 334 g/mol. The molecule has 1 aliphatic heterocycles. The number of cyclic esters (lactones) is 2. The van der Waals surface area contributed by atoms with Gasteiger partial charge in [0.2, 0.25) is 0 Å². The van der Waals surface area contributed by atoms with Crippen molar-refractivity contribution in [1.82, 2.24) is 5.32 Å². The van der Waals surface area contributed by atoms with Crippen molar-refractivity contribution < 1.29 is 23.9 Å². The molecule has 1 amide bonds. The lowest BCUT2D eigenvalue weighted by atomic mass is 9.94. The van der Waals surface area contributed by atoms with Gasteiger partial charge >= 0.3 is 18.0 Å². The quantitative estimate of drug-likeness (QED) is 0.485. The molecule has 0 fully saturated rings. The van der Waals surface area contributed by atoms with Crippen molar-refractivity contribution in [3.05, 3.63) is 47.0 Å². The first-order valence-electron chi connectivity index (χ1n) is 8.04. The van der Waals surface area contributed by atoms with E-state index >= 15 is 0 Å². The van der Waals surface area contributed by atoms with Gasteiger partial charge in [-0.25, -0.2) is 14.4 Å². The monoisotopic (exact) mass is 351 g/mol. The SMILES string of the molecule is CC(C)(C)OC(=O)NCC#Cc1ccc2c3c(cccc13)C(=O)OC2=O. The molecule has 0 radical (unpaired) electrons. The van der Waals surface area contributed by atoms with Gasteiger partial charge in [0.1, 0.15) is 5.60 Å². The summed E-state index contributed by atoms with van der Waals surface area (Å²) < 4.78 is 9.86. The molecule has 0 spiro atoms. The number of amides is 1. The highest BCUT2D eigenvalue weighted by atomic mass is 16.6. The first-order chi connectivity index (χ1) is 12.3. The van der Waals surface area contributed by atoms with Crippen molar-refractivity contribution in [2.75, 3.05) is 6.54 Å². The van der Waals surface area contributed by atoms with Crippen molar-refractivity contribution in [3.8, 4) is 11.8 Å². The summed E-state index contributed by atoms with van der Waals surface area (Å²) in [6.45, 7) is 5.44. The molecule has 6 nitrogen and oxygen atoms in total. The van der Waals surface area contributed by atoms with Crippen LogP contribution in [0.25, 0.3) is 10.8 Å². The zero-order valence-electron chi connectivity index (χ0n) is 14.6. The average Bonchev–Trinajstić information content (AvgIpc) is 2.55. The zero-order valence-corrected chi connectivity index (χ0v) is 14.6. The van der Waals surface area contributed by atoms with Crippen LogP contribution in [-0.2, 0) is 9.47 Å². The van der Waals surface area contributed by atoms with Crippen molar-refractivity contribution in [2.24, 2.45) is 0 Å². The molecule has 0 aliphatic carbocycles. The van der Waals surface area contributed by atoms with Gasteiger partial charge in [-0.1, -0.05) is 24.0 Å². The molecule has 6 heteroatoms. The molecule has 2 aromatic rings. The lowest BCUT2D eigenvalue weighted by Crippen LogP contribution is -2.32. The van der Waals surface area contributed by atoms with E-state index in [4.69, 9.17) is 9.47 Å². The maximum Gasteiger partial charge on any atom is 0.408 e. The summed E-state index contributed by atoms with van der Waals surface area (Å²) in [6, 6.07) is 8.40. The Morgan fingerprint density at radius 2 is 1.81 bits per heavy atom. The number of nitrogens with one attached hydrogen (secondary N) is 1. The number of esters is 2. The zero-order chi connectivity index (χ0) is 18.9. The number of hydrogen-bond donors (Lipinski definition) is 1. The van der Waals surface area contributed by atoms with Crippen LogP contribution in [0.2, 0.25) is 0 Å². The molecule has 0 unspecified atom stereocenters. The van der Waals surface area contributed by atoms with Gasteiger partial charge in [-0.05, 0) is 44.4 Å². The van der Waals surface area contributed by atoms with Gasteiger partial charge in [-0.15, -0.1) is 0 Å². The lowest BCUT2D eigenvalue weighted by Gasteiger charge is -2.19. The molecule has 2 aromatic carbocycles. The van der Waals surface area contributed by atoms with Crippen LogP contribution in [0.15, 0.2) is 30.3 Å². The van der Waals surface area contributed by atoms with Gasteiger partial charge in [0.25, 0.3) is 0 Å². The number of carbonyl (C=O) groups excluding carboxylic acids is 3. The Labute approximate surface area is 150 Å². The number of hydrogen-bond acceptors (Lipinski definition) is 5. The maximum atomic E-state index is 11.9. The molecule has 0 saturated carbocycles. The van der Waals surface area contributed by atoms with Crippen LogP contribution >= 0.6 is 0 Å². The summed E-state index contributed by atoms with van der Waals surface area (Å²) in [5.74, 6) is 4.47. The Bertz CT molecular complexity index is 969. The Hall–Kier alpha value is -3.33. The van der Waals surface area contributed by atoms with E-state index in [-0.39, 0.29) is 6.54 Å². The maximum absolute atomic E-state index is 11.9. The predicted molar refractivity (Wildman–Crippen MR) is 94.8 cm³/mol. The van der Waals surface area contributed by atoms with Gasteiger partial charge in [-0.2, -0.15) is 0 Å². The van der Waals surface area contributed by atoms with Crippen molar-refractivity contribution in [2.45, 2.75) is 26.4 Å². The molecule has 1 heterocycles. The summed E-state index contributed by atoms with van der Waals surface area (Å²) in [4.78, 5) is 35.4. The second-order valence-electron chi connectivity index (χ2n) is 6.72. The van der Waals surface area contributed by atoms with E-state index in [0.29, 0.717) is 27.5 Å². The van der Waals surface area contributed by atoms with Crippen LogP contribution in [0.4, 0.5) is 4.79 Å². The van der Waals surface area contributed by atoms with Crippen molar-refractivity contribution in [1.29, 1.82) is 0 Å². The number of ether oxygens (including phenoxy) is 2. The summed E-state index contributed by atoms with van der Waals surface area (Å²) >= 11 is 0. The van der Waals surface area contributed by atoms with Gasteiger partial charge in [0, 0.05) is 10.9 Å². The molecule has 0 aromatic heterocycles. The first kappa shape index (κ1) is 17.5. The van der Waals surface area contributed by atoms with E-state index in [2.05, 4.69) is 17.2 Å². The fourth-order valence-corrected chi connectivity index (χ4v) is 2.62. The van der Waals surface area contributed by atoms with E-state index < -0.39 is 23.6 Å². The second kappa shape index (κ2) is 6.52. The number of benzene rings is 2. The average molecular weight is 351 g/mol. The van der Waals surface area contributed by atoms with E-state index in [1.54, 1.807) is 51.1 Å². The van der Waals surface area contributed by atoms with Crippen LogP contribution < -0.4 is 5.32 Å². The topological polar surface area (TPSA) is 81.7 Å². The van der Waals surface area contributed by atoms with Crippen LogP contribution in [0, 0.1) is 11.8 Å². The third-order valence-electron chi connectivity index (χ3n) is 3.61. The molecule has 0 saturated heterocycles. The van der Waals surface area contributed by atoms with Gasteiger partial charge in [-0.3, -0.25) is 0 Å². The van der Waals surface area contributed by atoms with Gasteiger partial charge in [0.15, 0.2) is 0 Å². The minimum atomic E-state index is -0.662. The highest BCUT2D eigenvalue weighted by molar-refractivity contribution is 6.21. The molecule has 1 aliphatic rings. The summed E-state index contributed by atoms with van der Waals surface area (Å²) in [5.41, 5.74) is 0.758. The first-order valence-corrected chi connectivity index (χ1v) is 8.04. The Balaban J connectivity index is 1.86. The number of carbonyl (C=O) groups is 3. The fraction of sp³-hybridized carbons (Fsp3) is 0.250. The van der Waals surface area contributed by atoms with Crippen LogP contribution in [-0.4, -0.2) is 30.2 Å². The molecule has 0 atom stereocenters. The van der Waals surface area contributed by atoms with Crippen molar-refractivity contribution in [3.63, 3.8) is 0 Å². The Morgan fingerprint density at radius 3 is 2.50 bits per heavy atom. The van der Waals surface area contributed by atoms with E-state index in [0.717, 1.165) is 0 Å². The standard InChI is InChI=1S/C20H17NO5/c1-20(2,3)26-19(24)21-11-5-6-12-9-10-15-16-13(12)7-4-8-14(16)17(22)25-18(15)23/h4,7-10H,11H2,1-3H3,(H,21,24). The smallest absolute Gasteiger partial charge is 0.408 e. The molecule has 132 valence electrons. The van der Waals surface area contributed by atoms with Crippen LogP contribution in [0.5, 0.6) is 0 Å². The molecule has 3 rings (SSSR count). The third kappa shape index (κ3) is 3.52. The summed E-state index contributed by atoms with van der Waals surface area (Å²) in [7, 11) is 0. The number of rotatable bonds is 1. The predicted octanol–water partition coefficient (Wildman–Crippen LogP) is 3.03. The highest BCUT2D eigenvalue weighted by Crippen LogP contribution is 2.30. The van der Waals surface area contributed by atoms with Gasteiger partial charge < -0.3 is 14.8 Å². The van der Waals surface area contributed by atoms with E-state index in [1.165, 1.54) is 0 Å². The highest BCUT2D eigenvalue weighted by Gasteiger charge is 2.27. The van der Waals surface area contributed by atoms with E-state index in [9.17, 15) is 14.4 Å². The summed E-state index contributed by atoms with van der Waals surface area (Å²) in [6.07, 6.45) is -0.544. The molecule has 0 bridgehead atoms. The third-order valence-corrected chi connectivity index (χ3v) is 3.61. The second-order valence-corrected chi connectivity index (χ2v) is 6.72. The fourth-order valence-electron chi connectivity index (χ4n) is 2.62. The normalized spacial score (nSPS) is 12.9. The Morgan fingerprint density at radius 1 is 1.12 bits per heavy atom.